The van der Waals surface area contributed by atoms with E-state index in [0.29, 0.717) is 72.8 Å². The van der Waals surface area contributed by atoms with E-state index in [4.69, 9.17) is 33.7 Å². The fourth-order valence-electron chi connectivity index (χ4n) is 7.30. The summed E-state index contributed by atoms with van der Waals surface area (Å²) in [6.45, 7) is 0. The Morgan fingerprint density at radius 2 is 0.826 bits per heavy atom. The molecule has 48 heteroatoms. The maximum atomic E-state index is 13.7. The third-order valence-corrected chi connectivity index (χ3v) is 16.3. The Labute approximate surface area is 591 Å². The van der Waals surface area contributed by atoms with Crippen molar-refractivity contribution in [1.29, 1.82) is 0 Å². The van der Waals surface area contributed by atoms with Crippen LogP contribution in [-0.2, 0) is 94.8 Å². The van der Waals surface area contributed by atoms with Crippen LogP contribution in [0.2, 0.25) is 10.6 Å². The van der Waals surface area contributed by atoms with Crippen LogP contribution in [0.4, 0.5) is 52.0 Å². The number of hydrogen-bond acceptors (Lipinski definition) is 36. The number of ether oxygens (including phenoxy) is 1. The largest absolute Gasteiger partial charge is 2.00 e. The predicted molar refractivity (Wildman–Crippen MR) is 282 cm³/mol. The first-order chi connectivity index (χ1) is 40.7. The van der Waals surface area contributed by atoms with E-state index in [0.717, 1.165) is 0 Å². The van der Waals surface area contributed by atoms with Gasteiger partial charge >= 0.3 is 99.3 Å². The van der Waals surface area contributed by atoms with Crippen molar-refractivity contribution < 1.29 is 196 Å². The molecular formula is C44H21Cl2Cu2N13Na2O23S6-5. The van der Waals surface area contributed by atoms with Crippen LogP contribution < -0.4 is 101 Å². The van der Waals surface area contributed by atoms with Gasteiger partial charge in [0.25, 0.3) is 0 Å². The molecule has 0 spiro atoms. The molecule has 2 aromatic heterocycles. The van der Waals surface area contributed by atoms with E-state index < -0.39 is 197 Å². The van der Waals surface area contributed by atoms with Crippen LogP contribution in [0.1, 0.15) is 0 Å². The predicted octanol–water partition coefficient (Wildman–Crippen LogP) is -3.23. The summed E-state index contributed by atoms with van der Waals surface area (Å²) >= 11 is 11.7. The normalized spacial score (nSPS) is 12.0. The summed E-state index contributed by atoms with van der Waals surface area (Å²) in [7, 11) is -31.8. The molecule has 0 aliphatic rings. The molecule has 4 N–H and O–H groups in total. The quantitative estimate of drug-likeness (QED) is 0.0486. The van der Waals surface area contributed by atoms with Crippen molar-refractivity contribution in [3.05, 3.63) is 114 Å². The minimum absolute atomic E-state index is 0. The Hall–Kier alpha value is -6.24. The zero-order chi connectivity index (χ0) is 64.8. The standard InChI is InChI=1S/C25H17ClN6O12S3.C19H14ClN7O11S3.2Cu.2Na/c26-23-28-24(30-25(29-23)44-13-4-2-1-3-5-13)27-17-11-15(46(38,39)40)8-12-9-19(47(41,42)43)21(22(34)20(12)17)32-31-16-10-14(45(35,36)37)6-7-18(16)33;20-17-23-18(21)25-19(24-17)22-11-6-9(40(33,34)35)3-7-4-13(41(36,37)38)15(16(29)14(7)11)27-26-10-5-8(39(30,31)32)1-2-12(10)28;;;;/h1-11,33-34H,(H,35,36,37)(H,38,39,40)(H,41,42,43)(H,27,28,29,30);1-6,28-29H,(H,30,31,32)(H,33,34,35)(H,36,37,38)(H3,21,22,23,24,25);;;;/q;;+1;+2;2*+1/p-10. The number of hydrogen-bond donors (Lipinski definition) is 3. The molecule has 479 valence electrons. The molecule has 0 bridgehead atoms. The minimum atomic E-state index is -5.60. The smallest absolute Gasteiger partial charge is 0.871 e. The van der Waals surface area contributed by atoms with Crippen molar-refractivity contribution >= 4 is 157 Å². The molecule has 0 unspecified atom stereocenters. The molecule has 0 fully saturated rings. The van der Waals surface area contributed by atoms with Crippen molar-refractivity contribution in [1.82, 2.24) is 29.9 Å². The van der Waals surface area contributed by atoms with Gasteiger partial charge in [0.2, 0.25) is 28.4 Å². The number of anilines is 5. The number of nitrogens with two attached hydrogens (primary N) is 1. The summed E-state index contributed by atoms with van der Waals surface area (Å²) in [5.74, 6) is -5.88. The molecule has 92 heavy (non-hydrogen) atoms. The van der Waals surface area contributed by atoms with Crippen molar-refractivity contribution in [2.75, 3.05) is 16.4 Å². The molecule has 9 rings (SSSR count). The molecule has 36 nitrogen and oxygen atoms in total. The molecule has 0 saturated heterocycles. The molecule has 0 atom stereocenters. The van der Waals surface area contributed by atoms with Gasteiger partial charge in [-0.15, -0.1) is 10.2 Å². The number of para-hydroxylation sites is 1. The van der Waals surface area contributed by atoms with Gasteiger partial charge in [-0.3, -0.25) is 0 Å². The second kappa shape index (κ2) is 30.0. The summed E-state index contributed by atoms with van der Waals surface area (Å²) in [4.78, 5) is 16.0. The molecule has 0 aliphatic carbocycles. The number of fused-ring (bicyclic) bond motifs is 2. The number of azo groups is 2. The maximum Gasteiger partial charge on any atom is 2.00 e. The number of rotatable bonds is 16. The SMILES string of the molecule is Nc1nc(Cl)nc(Nc2cc(S(=O)(=O)[O-])cc3cc(S(=O)(=O)[O-])c(N=Nc4cc(S(=O)(=O)[O-])ccc4[O-])c([O-])c23)n1.O=S(=O)([O-])c1ccc([O-])c(N=Nc2c(S(=O)(=O)[O-])cc3cc(S(=O)(=O)[O-])cc(Nc4nc(Cl)nc(Oc5ccccc5)n4)c3c2[O-])c1.[Cu+2].[Cu+].[Na+].[Na+]. The second-order valence-corrected chi connectivity index (χ2v) is 25.7. The number of nitrogen functional groups attached to an aromatic ring is 1. The Balaban J connectivity index is 0.000000379. The fourth-order valence-corrected chi connectivity index (χ4v) is 11.0. The van der Waals surface area contributed by atoms with E-state index in [1.165, 1.54) is 0 Å². The van der Waals surface area contributed by atoms with Crippen molar-refractivity contribution in [2.24, 2.45) is 20.5 Å². The van der Waals surface area contributed by atoms with Crippen LogP contribution in [0.5, 0.6) is 34.8 Å². The first-order valence-electron chi connectivity index (χ1n) is 22.4. The Morgan fingerprint density at radius 3 is 1.20 bits per heavy atom. The minimum Gasteiger partial charge on any atom is -0.871 e. The monoisotopic (exact) mass is 1530 g/mol. The van der Waals surface area contributed by atoms with Gasteiger partial charge in [0.05, 0.1) is 52.1 Å². The molecular weight excluding hydrogens is 1510 g/mol. The van der Waals surface area contributed by atoms with Gasteiger partial charge in [-0.05, 0) is 118 Å². The summed E-state index contributed by atoms with van der Waals surface area (Å²) in [6, 6.07) is 14.9. The summed E-state index contributed by atoms with van der Waals surface area (Å²) in [6.07, 6.45) is 0. The molecule has 0 aliphatic heterocycles. The molecule has 0 amide bonds. The number of nitrogens with zero attached hydrogens (tertiary/aromatic N) is 10. The van der Waals surface area contributed by atoms with Gasteiger partial charge in [-0.1, -0.05) is 53.3 Å². The van der Waals surface area contributed by atoms with Gasteiger partial charge in [0.1, 0.15) is 66.5 Å². The van der Waals surface area contributed by atoms with Crippen LogP contribution >= 0.6 is 23.2 Å². The van der Waals surface area contributed by atoms with Crippen molar-refractivity contribution in [3.63, 3.8) is 0 Å². The number of benzene rings is 7. The van der Waals surface area contributed by atoms with Crippen molar-refractivity contribution in [2.45, 2.75) is 29.4 Å². The molecule has 7 aromatic carbocycles. The van der Waals surface area contributed by atoms with Gasteiger partial charge < -0.3 is 68.8 Å². The number of nitrogens with one attached hydrogen (secondary N) is 2. The molecule has 0 saturated carbocycles. The molecule has 2 heterocycles. The van der Waals surface area contributed by atoms with Crippen LogP contribution in [0, 0.1) is 0 Å². The molecule has 1 radical (unpaired) electrons. The first-order valence-corrected chi connectivity index (χ1v) is 31.7. The summed E-state index contributed by atoms with van der Waals surface area (Å²) in [5, 5.41) is 66.8. The van der Waals surface area contributed by atoms with Crippen LogP contribution in [0.3, 0.4) is 0 Å². The maximum absolute atomic E-state index is 13.7. The zero-order valence-electron chi connectivity index (χ0n) is 44.6. The average Bonchev–Trinajstić information content (AvgIpc) is 0.775. The Morgan fingerprint density at radius 1 is 0.446 bits per heavy atom. The number of halogens is 2. The first kappa shape index (κ1) is 78.2. The second-order valence-electron chi connectivity index (χ2n) is 16.8. The average molecular weight is 1540 g/mol. The van der Waals surface area contributed by atoms with Gasteiger partial charge in [0.15, 0.2) is 0 Å². The van der Waals surface area contributed by atoms with Gasteiger partial charge in [-0.25, -0.2) is 50.5 Å². The van der Waals surface area contributed by atoms with Crippen molar-refractivity contribution in [3.8, 4) is 34.8 Å². The molecule has 9 aromatic rings. The van der Waals surface area contributed by atoms with Gasteiger partial charge in [-0.2, -0.15) is 40.1 Å². The summed E-state index contributed by atoms with van der Waals surface area (Å²) in [5.41, 5.74) is 0.369. The van der Waals surface area contributed by atoms with E-state index in [-0.39, 0.29) is 105 Å². The van der Waals surface area contributed by atoms with E-state index in [2.05, 4.69) is 61.0 Å². The third-order valence-electron chi connectivity index (χ3n) is 10.9. The summed E-state index contributed by atoms with van der Waals surface area (Å²) < 4.78 is 217. The third kappa shape index (κ3) is 19.0. The Kier molecular flexibility index (Phi) is 25.5. The van der Waals surface area contributed by atoms with Crippen LogP contribution in [0.25, 0.3) is 21.5 Å². The Bertz CT molecular complexity index is 5190. The van der Waals surface area contributed by atoms with E-state index in [1.807, 2.05) is 0 Å². The van der Waals surface area contributed by atoms with Crippen LogP contribution in [-0.4, -0.2) is 108 Å². The van der Waals surface area contributed by atoms with E-state index >= 15 is 0 Å². The zero-order valence-corrected chi connectivity index (χ0v) is 56.9. The fraction of sp³-hybridized carbons (Fsp3) is 0. The van der Waals surface area contributed by atoms with Crippen LogP contribution in [0.15, 0.2) is 153 Å². The van der Waals surface area contributed by atoms with E-state index in [1.54, 1.807) is 30.3 Å². The topological polar surface area (TPSA) is 622 Å². The number of aromatic nitrogens is 6. The van der Waals surface area contributed by atoms with E-state index in [9.17, 15) is 98.2 Å². The van der Waals surface area contributed by atoms with Gasteiger partial charge in [0, 0.05) is 11.4 Å².